The molecule has 2 heterocycles. The van der Waals surface area contributed by atoms with E-state index >= 15 is 0 Å². The van der Waals surface area contributed by atoms with Crippen LogP contribution in [0.1, 0.15) is 24.0 Å². The van der Waals surface area contributed by atoms with E-state index in [-0.39, 0.29) is 11.6 Å². The first-order valence-electron chi connectivity index (χ1n) is 7.53. The number of rotatable bonds is 6. The van der Waals surface area contributed by atoms with Gasteiger partial charge in [-0.1, -0.05) is 30.7 Å². The normalized spacial score (nSPS) is 11.8. The molecule has 0 radical (unpaired) electrons. The number of aromatic amines is 1. The van der Waals surface area contributed by atoms with Crippen LogP contribution in [0.15, 0.2) is 40.9 Å². The van der Waals surface area contributed by atoms with Crippen LogP contribution < -0.4 is 4.72 Å². The van der Waals surface area contributed by atoms with Crippen LogP contribution in [0.4, 0.5) is 0 Å². The van der Waals surface area contributed by atoms with E-state index < -0.39 is 10.0 Å². The maximum Gasteiger partial charge on any atom is 0.257 e. The van der Waals surface area contributed by atoms with Gasteiger partial charge >= 0.3 is 0 Å². The molecule has 6 nitrogen and oxygen atoms in total. The van der Waals surface area contributed by atoms with Gasteiger partial charge in [-0.25, -0.2) is 23.1 Å². The Balaban J connectivity index is 1.71. The highest BCUT2D eigenvalue weighted by molar-refractivity contribution is 7.89. The van der Waals surface area contributed by atoms with Gasteiger partial charge in [0.1, 0.15) is 10.8 Å². The van der Waals surface area contributed by atoms with E-state index in [0.29, 0.717) is 17.9 Å². The molecule has 3 rings (SSSR count). The molecule has 0 saturated heterocycles. The molecule has 0 aliphatic heterocycles. The lowest BCUT2D eigenvalue weighted by Crippen LogP contribution is -2.23. The van der Waals surface area contributed by atoms with Crippen molar-refractivity contribution in [2.24, 2.45) is 0 Å². The lowest BCUT2D eigenvalue weighted by molar-refractivity contribution is 0.577. The Labute approximate surface area is 145 Å². The monoisotopic (exact) mass is 362 g/mol. The van der Waals surface area contributed by atoms with Crippen molar-refractivity contribution in [1.29, 1.82) is 0 Å². The van der Waals surface area contributed by atoms with E-state index in [1.807, 2.05) is 37.4 Å². The lowest BCUT2D eigenvalue weighted by atomic mass is 10.1. The maximum atomic E-state index is 12.2. The second-order valence-corrected chi connectivity index (χ2v) is 7.98. The molecule has 1 aromatic carbocycles. The smallest absolute Gasteiger partial charge is 0.257 e. The van der Waals surface area contributed by atoms with Crippen molar-refractivity contribution in [2.45, 2.75) is 31.8 Å². The quantitative estimate of drug-likeness (QED) is 0.706. The SMILES string of the molecule is CCc1ncc(S(=O)(=O)NCc2csc(-c3cccc(C)c3)n2)[nH]1. The Kier molecular flexibility index (Phi) is 4.79. The molecule has 2 N–H and O–H groups in total. The Morgan fingerprint density at radius 2 is 2.17 bits per heavy atom. The number of nitrogens with one attached hydrogen (secondary N) is 2. The van der Waals surface area contributed by atoms with Crippen LogP contribution in [0, 0.1) is 6.92 Å². The third-order valence-electron chi connectivity index (χ3n) is 3.49. The van der Waals surface area contributed by atoms with Crippen molar-refractivity contribution in [2.75, 3.05) is 0 Å². The fraction of sp³-hybridized carbons (Fsp3) is 0.250. The molecule has 2 aromatic heterocycles. The van der Waals surface area contributed by atoms with Gasteiger partial charge in [0.15, 0.2) is 5.03 Å². The standard InChI is InChI=1S/C16H18N4O2S2/c1-3-14-17-9-15(20-14)24(21,22)18-8-13-10-23-16(19-13)12-6-4-5-11(2)7-12/h4-7,9-10,18H,3,8H2,1-2H3,(H,17,20). The number of thiazole rings is 1. The van der Waals surface area contributed by atoms with Gasteiger partial charge in [-0.3, -0.25) is 0 Å². The minimum absolute atomic E-state index is 0.0773. The number of nitrogens with zero attached hydrogens (tertiary/aromatic N) is 2. The van der Waals surface area contributed by atoms with Gasteiger partial charge in [-0.2, -0.15) is 0 Å². The molecule has 126 valence electrons. The van der Waals surface area contributed by atoms with E-state index in [0.717, 1.165) is 16.1 Å². The number of hydrogen-bond donors (Lipinski definition) is 2. The molecule has 0 bridgehead atoms. The summed E-state index contributed by atoms with van der Waals surface area (Å²) in [6.45, 7) is 4.08. The molecule has 8 heteroatoms. The summed E-state index contributed by atoms with van der Waals surface area (Å²) in [6, 6.07) is 8.07. The van der Waals surface area contributed by atoms with Crippen LogP contribution in [0.2, 0.25) is 0 Å². The number of aryl methyl sites for hydroxylation is 2. The van der Waals surface area contributed by atoms with Gasteiger partial charge in [0.05, 0.1) is 18.4 Å². The largest absolute Gasteiger partial charge is 0.332 e. The van der Waals surface area contributed by atoms with Crippen LogP contribution in [-0.4, -0.2) is 23.4 Å². The molecule has 0 spiro atoms. The molecule has 3 aromatic rings. The first-order chi connectivity index (χ1) is 11.5. The minimum Gasteiger partial charge on any atom is -0.332 e. The predicted molar refractivity (Wildman–Crippen MR) is 94.3 cm³/mol. The number of sulfonamides is 1. The number of benzene rings is 1. The van der Waals surface area contributed by atoms with E-state index in [1.165, 1.54) is 17.5 Å². The van der Waals surface area contributed by atoms with Gasteiger partial charge in [-0.05, 0) is 13.0 Å². The molecule has 0 aliphatic carbocycles. The summed E-state index contributed by atoms with van der Waals surface area (Å²) < 4.78 is 27.0. The molecule has 0 aliphatic rings. The molecular formula is C16H18N4O2S2. The first-order valence-corrected chi connectivity index (χ1v) is 9.89. The van der Waals surface area contributed by atoms with Crippen LogP contribution in [-0.2, 0) is 23.0 Å². The number of imidazole rings is 1. The fourth-order valence-corrected chi connectivity index (χ4v) is 3.96. The van der Waals surface area contributed by atoms with Crippen molar-refractivity contribution in [1.82, 2.24) is 19.7 Å². The van der Waals surface area contributed by atoms with Gasteiger partial charge in [0, 0.05) is 17.4 Å². The van der Waals surface area contributed by atoms with E-state index in [2.05, 4.69) is 25.7 Å². The molecule has 0 atom stereocenters. The number of aromatic nitrogens is 3. The van der Waals surface area contributed by atoms with Gasteiger partial charge in [0.2, 0.25) is 0 Å². The summed E-state index contributed by atoms with van der Waals surface area (Å²) in [6.07, 6.45) is 1.99. The van der Waals surface area contributed by atoms with Crippen molar-refractivity contribution in [3.63, 3.8) is 0 Å². The van der Waals surface area contributed by atoms with Crippen molar-refractivity contribution in [3.05, 3.63) is 52.9 Å². The summed E-state index contributed by atoms with van der Waals surface area (Å²) in [5, 5.41) is 2.82. The predicted octanol–water partition coefficient (Wildman–Crippen LogP) is 2.88. The molecule has 0 unspecified atom stereocenters. The molecule has 24 heavy (non-hydrogen) atoms. The zero-order valence-electron chi connectivity index (χ0n) is 13.4. The van der Waals surface area contributed by atoms with Crippen LogP contribution in [0.5, 0.6) is 0 Å². The maximum absolute atomic E-state index is 12.2. The average molecular weight is 362 g/mol. The van der Waals surface area contributed by atoms with Gasteiger partial charge in [0.25, 0.3) is 10.0 Å². The zero-order valence-corrected chi connectivity index (χ0v) is 15.0. The van der Waals surface area contributed by atoms with Crippen molar-refractivity contribution < 1.29 is 8.42 Å². The Morgan fingerprint density at radius 3 is 2.88 bits per heavy atom. The molecule has 0 fully saturated rings. The van der Waals surface area contributed by atoms with Gasteiger partial charge < -0.3 is 4.98 Å². The van der Waals surface area contributed by atoms with Crippen LogP contribution in [0.25, 0.3) is 10.6 Å². The number of hydrogen-bond acceptors (Lipinski definition) is 5. The third kappa shape index (κ3) is 3.72. The van der Waals surface area contributed by atoms with Crippen LogP contribution >= 0.6 is 11.3 Å². The Hall–Kier alpha value is -2.03. The molecule has 0 saturated carbocycles. The van der Waals surface area contributed by atoms with E-state index in [4.69, 9.17) is 0 Å². The summed E-state index contributed by atoms with van der Waals surface area (Å²) in [4.78, 5) is 11.3. The summed E-state index contributed by atoms with van der Waals surface area (Å²) in [7, 11) is -3.61. The number of H-pyrrole nitrogens is 1. The second-order valence-electron chi connectivity index (χ2n) is 5.39. The molecule has 0 amide bonds. The highest BCUT2D eigenvalue weighted by Crippen LogP contribution is 2.24. The topological polar surface area (TPSA) is 87.7 Å². The molecular weight excluding hydrogens is 344 g/mol. The van der Waals surface area contributed by atoms with E-state index in [1.54, 1.807) is 0 Å². The van der Waals surface area contributed by atoms with Crippen LogP contribution in [0.3, 0.4) is 0 Å². The van der Waals surface area contributed by atoms with Gasteiger partial charge in [-0.15, -0.1) is 11.3 Å². The van der Waals surface area contributed by atoms with Crippen molar-refractivity contribution >= 4 is 21.4 Å². The van der Waals surface area contributed by atoms with Crippen molar-refractivity contribution in [3.8, 4) is 10.6 Å². The Bertz CT molecular complexity index is 944. The summed E-state index contributed by atoms with van der Waals surface area (Å²) in [5.41, 5.74) is 2.89. The highest BCUT2D eigenvalue weighted by atomic mass is 32.2. The van der Waals surface area contributed by atoms with E-state index in [9.17, 15) is 8.42 Å². The fourth-order valence-electron chi connectivity index (χ4n) is 2.21. The average Bonchev–Trinajstić information content (AvgIpc) is 3.23. The summed E-state index contributed by atoms with van der Waals surface area (Å²) >= 11 is 1.50. The second kappa shape index (κ2) is 6.84. The Morgan fingerprint density at radius 1 is 1.33 bits per heavy atom. The zero-order chi connectivity index (χ0) is 17.2. The summed E-state index contributed by atoms with van der Waals surface area (Å²) in [5.74, 6) is 0.644. The third-order valence-corrected chi connectivity index (χ3v) is 5.74. The highest BCUT2D eigenvalue weighted by Gasteiger charge is 2.17. The minimum atomic E-state index is -3.61. The lowest BCUT2D eigenvalue weighted by Gasteiger charge is -2.02. The first kappa shape index (κ1) is 16.8.